The summed E-state index contributed by atoms with van der Waals surface area (Å²) in [5, 5.41) is 42.9. The van der Waals surface area contributed by atoms with Crippen molar-refractivity contribution in [1.82, 2.24) is 40.8 Å². The Morgan fingerprint density at radius 3 is 0.861 bits per heavy atom. The van der Waals surface area contributed by atoms with Gasteiger partial charge >= 0.3 is 35.3 Å². The summed E-state index contributed by atoms with van der Waals surface area (Å²) in [6, 6.07) is 129. The van der Waals surface area contributed by atoms with Crippen molar-refractivity contribution >= 4 is 111 Å². The Labute approximate surface area is 861 Å². The van der Waals surface area contributed by atoms with Crippen LogP contribution in [-0.2, 0) is 39.7 Å². The van der Waals surface area contributed by atoms with Crippen molar-refractivity contribution in [3.8, 4) is 141 Å². The average molecular weight is 2360 g/mol. The van der Waals surface area contributed by atoms with E-state index in [1.807, 2.05) is 322 Å². The van der Waals surface area contributed by atoms with E-state index in [-0.39, 0.29) is 43.5 Å². The molecule has 14 aromatic carbocycles. The fourth-order valence-electron chi connectivity index (χ4n) is 13.8. The molecule has 0 spiro atoms. The van der Waals surface area contributed by atoms with Gasteiger partial charge in [0.2, 0.25) is 0 Å². The van der Waals surface area contributed by atoms with Gasteiger partial charge in [0.25, 0.3) is 0 Å². The Morgan fingerprint density at radius 2 is 0.547 bits per heavy atom. The summed E-state index contributed by atoms with van der Waals surface area (Å²) in [7, 11) is -0.853. The van der Waals surface area contributed by atoms with Crippen LogP contribution in [0, 0.1) is 15.7 Å². The standard InChI is InChI=1S/C32H22N4O.C32H20N4O.C24H32B2O5.C12H8Br2O.C6H4BrI.C6H5BrO.Pt/c2*1-3-9-23(10-4-1)27-19-31(35-33-21-27)25-13-7-15-29(17-25)37-30-16-8-14-26(18-30)32-20-28(22-34-36-32)24-11-5-2-6-12-24;1-21(2)22(3,4)29-25(28-21)17-11-9-13-19(15-17)27-20-14-10-12-18(16-20)26-30-23(5,6)24(7,8)31-26;13-9-3-1-5-11(7-9)15-12-6-2-4-10(14)8-12;2*7-5-2-1-3-6(8)4-5;/h1-22H;1-16,19-22H;9-16H,1-8H3;1-8H;1-4H;1-4,8H;/q;-2;;;;;+2. The molecule has 6 heterocycles. The molecule has 0 radical (unpaired) electrons. The Balaban J connectivity index is 0.000000142. The maximum atomic E-state index is 8.78. The van der Waals surface area contributed by atoms with Gasteiger partial charge in [-0.25, -0.2) is 10.2 Å². The van der Waals surface area contributed by atoms with Crippen molar-refractivity contribution in [2.45, 2.75) is 77.8 Å². The Hall–Kier alpha value is -12.3. The van der Waals surface area contributed by atoms with Crippen LogP contribution in [0.25, 0.3) is 89.5 Å². The number of benzene rings is 14. The molecule has 137 heavy (non-hydrogen) atoms. The minimum Gasteiger partial charge on any atom is -0.508 e. The molecular weight excluding hydrogens is 2260 g/mol. The number of phenolic OH excluding ortho intramolecular Hbond substituents is 1. The largest absolute Gasteiger partial charge is 2.00 e. The molecule has 0 bridgehead atoms. The van der Waals surface area contributed by atoms with Crippen LogP contribution in [0.1, 0.15) is 55.4 Å². The second-order valence-corrected chi connectivity index (χ2v) is 38.2. The second kappa shape index (κ2) is 47.7. The Kier molecular flexibility index (Phi) is 35.0. The molecular formula is C112H91B2Br4IN8O9Pt. The first-order valence-electron chi connectivity index (χ1n) is 43.5. The molecule has 0 aliphatic carbocycles. The van der Waals surface area contributed by atoms with E-state index in [0.717, 1.165) is 141 Å². The van der Waals surface area contributed by atoms with Crippen LogP contribution in [0.15, 0.2) is 419 Å². The van der Waals surface area contributed by atoms with Crippen LogP contribution in [0.3, 0.4) is 0 Å². The number of aromatic nitrogens is 8. The van der Waals surface area contributed by atoms with E-state index in [1.165, 1.54) is 3.57 Å². The van der Waals surface area contributed by atoms with Crippen LogP contribution >= 0.6 is 86.3 Å². The summed E-state index contributed by atoms with van der Waals surface area (Å²) in [6.45, 7) is 16.4. The van der Waals surface area contributed by atoms with E-state index in [1.54, 1.807) is 43.0 Å². The fraction of sp³-hybridized carbons (Fsp3) is 0.107. The van der Waals surface area contributed by atoms with Crippen LogP contribution < -0.4 is 29.9 Å². The maximum absolute atomic E-state index is 8.78. The summed E-state index contributed by atoms with van der Waals surface area (Å²) in [6.07, 6.45) is 7.07. The van der Waals surface area contributed by atoms with Crippen molar-refractivity contribution in [2.75, 3.05) is 0 Å². The number of rotatable bonds is 18. The molecule has 2 fully saturated rings. The monoisotopic (exact) mass is 2350 g/mol. The molecule has 17 nitrogen and oxygen atoms in total. The Morgan fingerprint density at radius 1 is 0.270 bits per heavy atom. The van der Waals surface area contributed by atoms with Crippen LogP contribution in [0.2, 0.25) is 0 Å². The van der Waals surface area contributed by atoms with Crippen LogP contribution in [0.4, 0.5) is 0 Å². The third kappa shape index (κ3) is 28.5. The molecule has 0 unspecified atom stereocenters. The maximum Gasteiger partial charge on any atom is 2.00 e. The molecule has 2 aliphatic heterocycles. The van der Waals surface area contributed by atoms with Crippen molar-refractivity contribution in [2.24, 2.45) is 0 Å². The van der Waals surface area contributed by atoms with Gasteiger partial charge < -0.3 is 42.7 Å². The van der Waals surface area contributed by atoms with Crippen molar-refractivity contribution in [1.29, 1.82) is 0 Å². The molecule has 25 heteroatoms. The first-order chi connectivity index (χ1) is 65.7. The predicted molar refractivity (Wildman–Crippen MR) is 565 cm³/mol. The number of hydrogen-bond donors (Lipinski definition) is 1. The van der Waals surface area contributed by atoms with E-state index in [2.05, 4.69) is 231 Å². The van der Waals surface area contributed by atoms with E-state index >= 15 is 0 Å². The zero-order valence-electron chi connectivity index (χ0n) is 75.8. The van der Waals surface area contributed by atoms with Gasteiger partial charge in [0, 0.05) is 66.6 Å². The zero-order valence-corrected chi connectivity index (χ0v) is 86.5. The number of hydrogen-bond acceptors (Lipinski definition) is 17. The molecule has 4 aromatic heterocycles. The topological polar surface area (TPSA) is 197 Å². The van der Waals surface area contributed by atoms with Crippen LogP contribution in [0.5, 0.6) is 51.7 Å². The van der Waals surface area contributed by atoms with E-state index in [0.29, 0.717) is 28.7 Å². The molecule has 0 saturated carbocycles. The molecule has 18 aromatic rings. The van der Waals surface area contributed by atoms with E-state index < -0.39 is 14.2 Å². The first kappa shape index (κ1) is 101. The van der Waals surface area contributed by atoms with Gasteiger partial charge in [-0.05, 0) is 256 Å². The number of aromatic hydroxyl groups is 1. The van der Waals surface area contributed by atoms with Crippen molar-refractivity contribution in [3.63, 3.8) is 0 Å². The van der Waals surface area contributed by atoms with Gasteiger partial charge in [-0.2, -0.15) is 30.6 Å². The quantitative estimate of drug-likeness (QED) is 0.0483. The number of nitrogens with zero attached hydrogens (tertiary/aromatic N) is 8. The first-order valence-corrected chi connectivity index (χ1v) is 47.8. The Bertz CT molecular complexity index is 6330. The summed E-state index contributed by atoms with van der Waals surface area (Å²) < 4.78 is 54.2. The third-order valence-corrected chi connectivity index (χ3v) is 24.9. The molecule has 20 rings (SSSR count). The summed E-state index contributed by atoms with van der Waals surface area (Å²) >= 11 is 15.6. The molecule has 1 N–H and O–H groups in total. The van der Waals surface area contributed by atoms with E-state index in [9.17, 15) is 0 Å². The van der Waals surface area contributed by atoms with Gasteiger partial charge in [-0.1, -0.05) is 282 Å². The van der Waals surface area contributed by atoms with Crippen molar-refractivity contribution < 1.29 is 63.7 Å². The molecule has 0 amide bonds. The molecule has 684 valence electrons. The normalized spacial score (nSPS) is 13.2. The predicted octanol–water partition coefficient (Wildman–Crippen LogP) is 29.3. The summed E-state index contributed by atoms with van der Waals surface area (Å²) in [4.78, 5) is 0. The smallest absolute Gasteiger partial charge is 0.508 e. The van der Waals surface area contributed by atoms with Crippen molar-refractivity contribution in [3.05, 3.63) is 434 Å². The fourth-order valence-corrected chi connectivity index (χ4v) is 16.4. The van der Waals surface area contributed by atoms with Gasteiger partial charge in [0.15, 0.2) is 0 Å². The van der Waals surface area contributed by atoms with Gasteiger partial charge in [-0.15, -0.1) is 47.5 Å². The average Bonchev–Trinajstić information content (AvgIpc) is 1.62. The SMILES string of the molecule is Brc1cccc(I)c1.Brc1cccc(Oc2cccc(Br)c2)c1.CC1(C)OB(c2cccc(Oc3cccc(B4OC(C)(C)C(C)(C)O4)c3)c2)OC1(C)C.Oc1cccc(Br)c1.[Pt+2].[c-]1c(Oc2[c-]c(-c3cc(-c4ccccc4)cnn3)ccc2)cccc1-c1cc(-c2ccccc2)cnn1.c1ccc(-c2cnnc(-c3cccc(Oc4cccc(-c5cc(-c6ccccc6)cnn5)c4)c3)c2)cc1. The number of halogens is 5. The molecule has 2 aliphatic rings. The minimum atomic E-state index is -0.426. The molecule has 0 atom stereocenters. The van der Waals surface area contributed by atoms with Gasteiger partial charge in [0.05, 0.1) is 58.6 Å². The summed E-state index contributed by atoms with van der Waals surface area (Å²) in [5.74, 6) is 5.92. The van der Waals surface area contributed by atoms with E-state index in [4.69, 9.17) is 42.7 Å². The van der Waals surface area contributed by atoms with Crippen LogP contribution in [-0.4, -0.2) is 82.5 Å². The molecule has 2 saturated heterocycles. The number of phenols is 1. The third-order valence-electron chi connectivity index (χ3n) is 22.3. The van der Waals surface area contributed by atoms with Gasteiger partial charge in [-0.3, -0.25) is 0 Å². The minimum absolute atomic E-state index is 0. The van der Waals surface area contributed by atoms with Gasteiger partial charge in [0.1, 0.15) is 40.2 Å². The zero-order chi connectivity index (χ0) is 95.0. The second-order valence-electron chi connectivity index (χ2n) is 33.3. The number of ether oxygens (including phenoxy) is 4. The summed E-state index contributed by atoms with van der Waals surface area (Å²) in [5.41, 5.74) is 15.2.